The quantitative estimate of drug-likeness (QED) is 0.877. The van der Waals surface area contributed by atoms with Crippen LogP contribution in [0.4, 0.5) is 4.39 Å². The molecule has 0 amide bonds. The second kappa shape index (κ2) is 4.92. The van der Waals surface area contributed by atoms with Gasteiger partial charge in [0.1, 0.15) is 5.67 Å². The predicted octanol–water partition coefficient (Wildman–Crippen LogP) is 2.25. The van der Waals surface area contributed by atoms with Crippen LogP contribution in [0.15, 0.2) is 18.2 Å². The minimum absolute atomic E-state index is 0.502. The maximum atomic E-state index is 14.7. The van der Waals surface area contributed by atoms with Crippen molar-refractivity contribution in [2.75, 3.05) is 27.3 Å². The molecular formula is C13H18FNO2. The van der Waals surface area contributed by atoms with Crippen molar-refractivity contribution in [1.29, 1.82) is 0 Å². The van der Waals surface area contributed by atoms with Gasteiger partial charge < -0.3 is 14.8 Å². The van der Waals surface area contributed by atoms with E-state index in [9.17, 15) is 4.39 Å². The number of hydrogen-bond donors (Lipinski definition) is 1. The van der Waals surface area contributed by atoms with Crippen molar-refractivity contribution in [3.8, 4) is 11.5 Å². The Morgan fingerprint density at radius 2 is 1.76 bits per heavy atom. The average molecular weight is 239 g/mol. The maximum Gasteiger partial charge on any atom is 0.161 e. The summed E-state index contributed by atoms with van der Waals surface area (Å²) in [4.78, 5) is 0. The topological polar surface area (TPSA) is 30.5 Å². The van der Waals surface area contributed by atoms with E-state index in [0.717, 1.165) is 0 Å². The van der Waals surface area contributed by atoms with Crippen LogP contribution in [-0.4, -0.2) is 27.3 Å². The van der Waals surface area contributed by atoms with Gasteiger partial charge in [-0.1, -0.05) is 6.07 Å². The monoisotopic (exact) mass is 239 g/mol. The molecule has 1 aliphatic rings. The summed E-state index contributed by atoms with van der Waals surface area (Å²) in [5.74, 6) is 1.22. The van der Waals surface area contributed by atoms with Gasteiger partial charge in [-0.2, -0.15) is 0 Å². The minimum atomic E-state index is -1.25. The summed E-state index contributed by atoms with van der Waals surface area (Å²) in [5.41, 5.74) is -0.568. The average Bonchev–Trinajstić information content (AvgIpc) is 2.38. The Bertz CT molecular complexity index is 389. The maximum absolute atomic E-state index is 14.7. The number of benzene rings is 1. The molecule has 1 aromatic carbocycles. The van der Waals surface area contributed by atoms with Gasteiger partial charge in [0, 0.05) is 0 Å². The van der Waals surface area contributed by atoms with Gasteiger partial charge in [0.15, 0.2) is 11.5 Å². The zero-order chi connectivity index (χ0) is 12.3. The first-order valence-corrected chi connectivity index (χ1v) is 5.82. The molecule has 0 saturated carbocycles. The first-order valence-electron chi connectivity index (χ1n) is 5.82. The Hall–Kier alpha value is -1.29. The van der Waals surface area contributed by atoms with Crippen LogP contribution < -0.4 is 14.8 Å². The van der Waals surface area contributed by atoms with E-state index in [4.69, 9.17) is 9.47 Å². The number of methoxy groups -OCH3 is 2. The van der Waals surface area contributed by atoms with Crippen LogP contribution in [0.1, 0.15) is 18.4 Å². The number of halogens is 1. The van der Waals surface area contributed by atoms with Gasteiger partial charge in [0.25, 0.3) is 0 Å². The van der Waals surface area contributed by atoms with E-state index in [1.54, 1.807) is 32.4 Å². The van der Waals surface area contributed by atoms with E-state index < -0.39 is 5.67 Å². The predicted molar refractivity (Wildman–Crippen MR) is 64.4 cm³/mol. The van der Waals surface area contributed by atoms with Crippen LogP contribution >= 0.6 is 0 Å². The number of hydrogen-bond acceptors (Lipinski definition) is 3. The van der Waals surface area contributed by atoms with E-state index >= 15 is 0 Å². The first kappa shape index (κ1) is 12.2. The highest BCUT2D eigenvalue weighted by atomic mass is 19.1. The molecule has 2 rings (SSSR count). The zero-order valence-corrected chi connectivity index (χ0v) is 10.3. The molecule has 1 aromatic rings. The molecule has 0 atom stereocenters. The summed E-state index contributed by atoms with van der Waals surface area (Å²) in [7, 11) is 3.14. The molecular weight excluding hydrogens is 221 g/mol. The molecule has 0 aliphatic carbocycles. The SMILES string of the molecule is COc1ccc(C2(F)CCNCC2)cc1OC. The number of piperidine rings is 1. The van der Waals surface area contributed by atoms with Crippen LogP contribution in [0.2, 0.25) is 0 Å². The third kappa shape index (κ3) is 2.36. The van der Waals surface area contributed by atoms with Crippen LogP contribution in [0.25, 0.3) is 0 Å². The molecule has 0 radical (unpaired) electrons. The standard InChI is InChI=1S/C13H18FNO2/c1-16-11-4-3-10(9-12(11)17-2)13(14)5-7-15-8-6-13/h3-4,9,15H,5-8H2,1-2H3. The first-order chi connectivity index (χ1) is 8.19. The van der Waals surface area contributed by atoms with E-state index in [1.807, 2.05) is 0 Å². The summed E-state index contributed by atoms with van der Waals surface area (Å²) in [6.45, 7) is 1.43. The fraction of sp³-hybridized carbons (Fsp3) is 0.538. The van der Waals surface area contributed by atoms with Crippen molar-refractivity contribution in [2.45, 2.75) is 18.5 Å². The van der Waals surface area contributed by atoms with Crippen LogP contribution in [-0.2, 0) is 5.67 Å². The second-order valence-electron chi connectivity index (χ2n) is 4.29. The normalized spacial score (nSPS) is 18.8. The van der Waals surface area contributed by atoms with Gasteiger partial charge >= 0.3 is 0 Å². The Morgan fingerprint density at radius 3 is 2.35 bits per heavy atom. The lowest BCUT2D eigenvalue weighted by atomic mass is 9.87. The second-order valence-corrected chi connectivity index (χ2v) is 4.29. The smallest absolute Gasteiger partial charge is 0.161 e. The van der Waals surface area contributed by atoms with E-state index in [2.05, 4.69) is 5.32 Å². The van der Waals surface area contributed by atoms with Crippen molar-refractivity contribution >= 4 is 0 Å². The van der Waals surface area contributed by atoms with Gasteiger partial charge in [-0.25, -0.2) is 4.39 Å². The molecule has 4 heteroatoms. The molecule has 0 spiro atoms. The van der Waals surface area contributed by atoms with Gasteiger partial charge in [-0.15, -0.1) is 0 Å². The molecule has 3 nitrogen and oxygen atoms in total. The number of alkyl halides is 1. The minimum Gasteiger partial charge on any atom is -0.493 e. The highest BCUT2D eigenvalue weighted by Crippen LogP contribution is 2.39. The van der Waals surface area contributed by atoms with Gasteiger partial charge in [-0.3, -0.25) is 0 Å². The van der Waals surface area contributed by atoms with Crippen molar-refractivity contribution in [2.24, 2.45) is 0 Å². The Labute approximate surface area is 101 Å². The van der Waals surface area contributed by atoms with E-state index in [0.29, 0.717) is 43.0 Å². The summed E-state index contributed by atoms with van der Waals surface area (Å²) in [5, 5.41) is 3.16. The number of rotatable bonds is 3. The molecule has 0 bridgehead atoms. The van der Waals surface area contributed by atoms with Gasteiger partial charge in [-0.05, 0) is 43.6 Å². The Balaban J connectivity index is 2.32. The fourth-order valence-electron chi connectivity index (χ4n) is 2.23. The van der Waals surface area contributed by atoms with Gasteiger partial charge in [0.2, 0.25) is 0 Å². The molecule has 0 aromatic heterocycles. The molecule has 1 N–H and O–H groups in total. The van der Waals surface area contributed by atoms with Crippen molar-refractivity contribution < 1.29 is 13.9 Å². The highest BCUT2D eigenvalue weighted by molar-refractivity contribution is 5.44. The van der Waals surface area contributed by atoms with Crippen LogP contribution in [0, 0.1) is 0 Å². The van der Waals surface area contributed by atoms with Gasteiger partial charge in [0.05, 0.1) is 14.2 Å². The summed E-state index contributed by atoms with van der Waals surface area (Å²) >= 11 is 0. The zero-order valence-electron chi connectivity index (χ0n) is 10.3. The van der Waals surface area contributed by atoms with Crippen LogP contribution in [0.3, 0.4) is 0 Å². The van der Waals surface area contributed by atoms with Crippen molar-refractivity contribution in [3.05, 3.63) is 23.8 Å². The molecule has 1 saturated heterocycles. The third-order valence-electron chi connectivity index (χ3n) is 3.30. The molecule has 94 valence electrons. The third-order valence-corrected chi connectivity index (χ3v) is 3.30. The lowest BCUT2D eigenvalue weighted by Gasteiger charge is -2.30. The molecule has 0 unspecified atom stereocenters. The lowest BCUT2D eigenvalue weighted by Crippen LogP contribution is -2.36. The van der Waals surface area contributed by atoms with Crippen molar-refractivity contribution in [3.63, 3.8) is 0 Å². The summed E-state index contributed by atoms with van der Waals surface area (Å²) in [6, 6.07) is 5.29. The Morgan fingerprint density at radius 1 is 1.12 bits per heavy atom. The van der Waals surface area contributed by atoms with E-state index in [1.165, 1.54) is 0 Å². The van der Waals surface area contributed by atoms with Crippen LogP contribution in [0.5, 0.6) is 11.5 Å². The molecule has 1 aliphatic heterocycles. The lowest BCUT2D eigenvalue weighted by molar-refractivity contribution is 0.115. The fourth-order valence-corrected chi connectivity index (χ4v) is 2.23. The number of nitrogens with one attached hydrogen (secondary N) is 1. The van der Waals surface area contributed by atoms with E-state index in [-0.39, 0.29) is 0 Å². The Kier molecular flexibility index (Phi) is 3.52. The number of ether oxygens (including phenoxy) is 2. The highest BCUT2D eigenvalue weighted by Gasteiger charge is 2.34. The molecule has 17 heavy (non-hydrogen) atoms. The largest absolute Gasteiger partial charge is 0.493 e. The molecule has 1 fully saturated rings. The summed E-state index contributed by atoms with van der Waals surface area (Å²) < 4.78 is 25.1. The van der Waals surface area contributed by atoms with Crippen molar-refractivity contribution in [1.82, 2.24) is 5.32 Å². The molecule has 1 heterocycles. The summed E-state index contributed by atoms with van der Waals surface area (Å²) in [6.07, 6.45) is 1.00.